The normalized spacial score (nSPS) is 10.3. The molecule has 0 saturated carbocycles. The van der Waals surface area contributed by atoms with Crippen LogP contribution in [0.3, 0.4) is 0 Å². The first kappa shape index (κ1) is 17.2. The Morgan fingerprint density at radius 3 is 2.74 bits per heavy atom. The summed E-state index contributed by atoms with van der Waals surface area (Å²) in [4.78, 5) is 12.5. The maximum Gasteiger partial charge on any atom is 0.219 e. The van der Waals surface area contributed by atoms with Gasteiger partial charge in [-0.2, -0.15) is 0 Å². The van der Waals surface area contributed by atoms with Crippen molar-refractivity contribution in [3.8, 4) is 5.75 Å². The summed E-state index contributed by atoms with van der Waals surface area (Å²) < 4.78 is 5.22. The highest BCUT2D eigenvalue weighted by molar-refractivity contribution is 8.14. The van der Waals surface area contributed by atoms with Gasteiger partial charge in [0.2, 0.25) is 5.12 Å². The number of benzene rings is 2. The Morgan fingerprint density at radius 1 is 1.26 bits per heavy atom. The summed E-state index contributed by atoms with van der Waals surface area (Å²) in [7, 11) is 1.60. The molecule has 2 N–H and O–H groups in total. The number of hydrogen-bond acceptors (Lipinski definition) is 4. The highest BCUT2D eigenvalue weighted by Crippen LogP contribution is 2.24. The van der Waals surface area contributed by atoms with Crippen LogP contribution >= 0.6 is 11.8 Å². The van der Waals surface area contributed by atoms with Gasteiger partial charge < -0.3 is 10.5 Å². The van der Waals surface area contributed by atoms with E-state index in [-0.39, 0.29) is 5.12 Å². The van der Waals surface area contributed by atoms with E-state index in [0.29, 0.717) is 23.5 Å². The molecule has 0 saturated heterocycles. The van der Waals surface area contributed by atoms with Crippen molar-refractivity contribution in [2.45, 2.75) is 12.8 Å². The summed E-state index contributed by atoms with van der Waals surface area (Å²) in [6, 6.07) is 13.3. The Kier molecular flexibility index (Phi) is 6.29. The number of aryl methyl sites for hydroxylation is 1. The molecule has 2 rings (SSSR count). The molecular formula is C19H21NO2S. The van der Waals surface area contributed by atoms with Gasteiger partial charge >= 0.3 is 0 Å². The summed E-state index contributed by atoms with van der Waals surface area (Å²) in [6.45, 7) is 3.75. The fourth-order valence-electron chi connectivity index (χ4n) is 2.30. The van der Waals surface area contributed by atoms with Gasteiger partial charge in [-0.3, -0.25) is 4.79 Å². The molecule has 23 heavy (non-hydrogen) atoms. The molecule has 4 heteroatoms. The second-order valence-corrected chi connectivity index (χ2v) is 6.17. The van der Waals surface area contributed by atoms with Crippen LogP contribution in [0.25, 0.3) is 0 Å². The van der Waals surface area contributed by atoms with Crippen molar-refractivity contribution in [1.29, 1.82) is 0 Å². The predicted octanol–water partition coefficient (Wildman–Crippen LogP) is 4.12. The molecule has 0 radical (unpaired) electrons. The van der Waals surface area contributed by atoms with Crippen molar-refractivity contribution in [2.24, 2.45) is 0 Å². The van der Waals surface area contributed by atoms with E-state index in [1.807, 2.05) is 36.4 Å². The van der Waals surface area contributed by atoms with Crippen LogP contribution in [-0.4, -0.2) is 18.0 Å². The number of ether oxygens (including phenoxy) is 1. The third-order valence-corrected chi connectivity index (χ3v) is 4.45. The van der Waals surface area contributed by atoms with Crippen LogP contribution in [0.1, 0.15) is 21.5 Å². The largest absolute Gasteiger partial charge is 0.497 e. The average Bonchev–Trinajstić information content (AvgIpc) is 2.57. The average molecular weight is 327 g/mol. The molecule has 0 aliphatic heterocycles. The Balaban J connectivity index is 2.05. The first-order chi connectivity index (χ1) is 11.2. The molecular weight excluding hydrogens is 306 g/mol. The Labute approximate surface area is 141 Å². The number of hydrogen-bond donors (Lipinski definition) is 1. The van der Waals surface area contributed by atoms with Gasteiger partial charge in [-0.15, -0.1) is 6.58 Å². The van der Waals surface area contributed by atoms with Gasteiger partial charge in [-0.25, -0.2) is 0 Å². The molecule has 0 spiro atoms. The van der Waals surface area contributed by atoms with E-state index in [1.165, 1.54) is 11.8 Å². The highest BCUT2D eigenvalue weighted by Gasteiger charge is 2.13. The predicted molar refractivity (Wildman–Crippen MR) is 98.2 cm³/mol. The van der Waals surface area contributed by atoms with Crippen molar-refractivity contribution in [1.82, 2.24) is 0 Å². The van der Waals surface area contributed by atoms with E-state index < -0.39 is 0 Å². The molecule has 0 aromatic heterocycles. The van der Waals surface area contributed by atoms with Gasteiger partial charge in [0.15, 0.2) is 0 Å². The maximum atomic E-state index is 12.5. The maximum absolute atomic E-state index is 12.5. The number of nitrogens with two attached hydrogens (primary N) is 1. The van der Waals surface area contributed by atoms with Crippen molar-refractivity contribution in [2.75, 3.05) is 18.6 Å². The van der Waals surface area contributed by atoms with Gasteiger partial charge in [0.1, 0.15) is 5.75 Å². The Morgan fingerprint density at radius 2 is 2.04 bits per heavy atom. The lowest BCUT2D eigenvalue weighted by atomic mass is 10.1. The molecule has 0 amide bonds. The first-order valence-electron chi connectivity index (χ1n) is 7.44. The van der Waals surface area contributed by atoms with Crippen LogP contribution in [0.4, 0.5) is 5.69 Å². The fourth-order valence-corrected chi connectivity index (χ4v) is 3.15. The third-order valence-electron chi connectivity index (χ3n) is 3.56. The molecule has 3 nitrogen and oxygen atoms in total. The zero-order chi connectivity index (χ0) is 16.7. The molecule has 2 aromatic rings. The Bertz CT molecular complexity index is 698. The Hall–Kier alpha value is -2.20. The molecule has 0 atom stereocenters. The van der Waals surface area contributed by atoms with Crippen molar-refractivity contribution < 1.29 is 9.53 Å². The van der Waals surface area contributed by atoms with Crippen LogP contribution < -0.4 is 10.5 Å². The number of anilines is 1. The van der Waals surface area contributed by atoms with Crippen molar-refractivity contribution in [3.63, 3.8) is 0 Å². The number of methoxy groups -OCH3 is 1. The quantitative estimate of drug-likeness (QED) is 0.614. The minimum absolute atomic E-state index is 0.0512. The van der Waals surface area contributed by atoms with Gasteiger partial charge in [0, 0.05) is 17.0 Å². The van der Waals surface area contributed by atoms with E-state index in [0.717, 1.165) is 23.2 Å². The zero-order valence-electron chi connectivity index (χ0n) is 13.2. The van der Waals surface area contributed by atoms with Crippen LogP contribution in [0.15, 0.2) is 55.1 Å². The summed E-state index contributed by atoms with van der Waals surface area (Å²) in [5.74, 6) is 1.38. The second-order valence-electron chi connectivity index (χ2n) is 5.10. The molecule has 2 aromatic carbocycles. The van der Waals surface area contributed by atoms with E-state index in [1.54, 1.807) is 19.3 Å². The lowest BCUT2D eigenvalue weighted by molar-refractivity contribution is 0.108. The first-order valence-corrected chi connectivity index (χ1v) is 8.42. The van der Waals surface area contributed by atoms with E-state index in [4.69, 9.17) is 10.5 Å². The topological polar surface area (TPSA) is 52.3 Å². The molecule has 0 aliphatic carbocycles. The number of para-hydroxylation sites is 1. The molecule has 120 valence electrons. The molecule has 0 aliphatic rings. The number of carbonyl (C=O) groups is 1. The van der Waals surface area contributed by atoms with Crippen LogP contribution in [-0.2, 0) is 12.8 Å². The number of carbonyl (C=O) groups excluding carboxylic acids is 1. The molecule has 0 fully saturated rings. The van der Waals surface area contributed by atoms with E-state index in [9.17, 15) is 4.79 Å². The standard InChI is InChI=1S/C19H21NO2S/c1-3-6-14-9-10-16(22-2)13-17(14)19(21)23-12-11-15-7-4-5-8-18(15)20/h3-5,7-10,13H,1,6,11-12,20H2,2H3. The fraction of sp³-hybridized carbons (Fsp3) is 0.211. The number of thioether (sulfide) groups is 1. The highest BCUT2D eigenvalue weighted by atomic mass is 32.2. The lowest BCUT2D eigenvalue weighted by Gasteiger charge is -2.09. The van der Waals surface area contributed by atoms with Gasteiger partial charge in [-0.1, -0.05) is 42.1 Å². The summed E-state index contributed by atoms with van der Waals surface area (Å²) in [5, 5.41) is 0.0512. The van der Waals surface area contributed by atoms with Crippen molar-refractivity contribution >= 4 is 22.6 Å². The van der Waals surface area contributed by atoms with Gasteiger partial charge in [-0.05, 0) is 42.2 Å². The zero-order valence-corrected chi connectivity index (χ0v) is 14.1. The van der Waals surface area contributed by atoms with Gasteiger partial charge in [0.05, 0.1) is 7.11 Å². The van der Waals surface area contributed by atoms with Crippen LogP contribution in [0, 0.1) is 0 Å². The lowest BCUT2D eigenvalue weighted by Crippen LogP contribution is -2.03. The summed E-state index contributed by atoms with van der Waals surface area (Å²) >= 11 is 1.31. The smallest absolute Gasteiger partial charge is 0.219 e. The SMILES string of the molecule is C=CCc1ccc(OC)cc1C(=O)SCCc1ccccc1N. The van der Waals surface area contributed by atoms with Crippen molar-refractivity contribution in [3.05, 3.63) is 71.8 Å². The monoisotopic (exact) mass is 327 g/mol. The summed E-state index contributed by atoms with van der Waals surface area (Å²) in [6.07, 6.45) is 3.23. The third kappa shape index (κ3) is 4.63. The van der Waals surface area contributed by atoms with E-state index >= 15 is 0 Å². The van der Waals surface area contributed by atoms with Gasteiger partial charge in [0.25, 0.3) is 0 Å². The second kappa shape index (κ2) is 8.44. The van der Waals surface area contributed by atoms with Crippen LogP contribution in [0.2, 0.25) is 0 Å². The minimum atomic E-state index is 0.0512. The number of nitrogen functional groups attached to an aromatic ring is 1. The molecule has 0 bridgehead atoms. The number of rotatable bonds is 7. The number of allylic oxidation sites excluding steroid dienone is 1. The molecule has 0 heterocycles. The summed E-state index contributed by atoms with van der Waals surface area (Å²) in [5.41, 5.74) is 9.43. The van der Waals surface area contributed by atoms with Crippen LogP contribution in [0.5, 0.6) is 5.75 Å². The minimum Gasteiger partial charge on any atom is -0.497 e. The van der Waals surface area contributed by atoms with E-state index in [2.05, 4.69) is 6.58 Å². The molecule has 0 unspecified atom stereocenters.